The Morgan fingerprint density at radius 1 is 1.22 bits per heavy atom. The summed E-state index contributed by atoms with van der Waals surface area (Å²) in [6, 6.07) is 3.35. The minimum absolute atomic E-state index is 0.0359. The van der Waals surface area contributed by atoms with Gasteiger partial charge in [-0.1, -0.05) is 19.3 Å². The summed E-state index contributed by atoms with van der Waals surface area (Å²) in [6.45, 7) is 1.05. The molecule has 128 valence electrons. The fourth-order valence-corrected chi connectivity index (χ4v) is 3.08. The van der Waals surface area contributed by atoms with E-state index in [0.717, 1.165) is 37.8 Å². The third-order valence-electron chi connectivity index (χ3n) is 4.47. The van der Waals surface area contributed by atoms with E-state index in [2.05, 4.69) is 5.32 Å². The maximum atomic E-state index is 13.0. The van der Waals surface area contributed by atoms with Crippen LogP contribution in [0.25, 0.3) is 0 Å². The van der Waals surface area contributed by atoms with Gasteiger partial charge < -0.3 is 15.8 Å². The third-order valence-corrected chi connectivity index (χ3v) is 4.47. The number of nitrogens with two attached hydrogens (primary N) is 1. The molecule has 23 heavy (non-hydrogen) atoms. The van der Waals surface area contributed by atoms with E-state index in [1.807, 2.05) is 0 Å². The lowest BCUT2D eigenvalue weighted by Crippen LogP contribution is -2.39. The van der Waals surface area contributed by atoms with E-state index in [1.165, 1.54) is 12.5 Å². The molecule has 2 rings (SSSR count). The summed E-state index contributed by atoms with van der Waals surface area (Å²) in [5, 5.41) is 2.80. The second kappa shape index (κ2) is 8.24. The van der Waals surface area contributed by atoms with Crippen molar-refractivity contribution in [2.45, 2.75) is 38.5 Å². The predicted molar refractivity (Wildman–Crippen MR) is 84.1 cm³/mol. The van der Waals surface area contributed by atoms with Gasteiger partial charge in [0.1, 0.15) is 12.4 Å². The number of rotatable bonds is 7. The summed E-state index contributed by atoms with van der Waals surface area (Å²) in [6.07, 6.45) is 5.91. The molecule has 1 aromatic rings. The van der Waals surface area contributed by atoms with Gasteiger partial charge in [-0.25, -0.2) is 8.78 Å². The Bertz CT molecular complexity index is 531. The van der Waals surface area contributed by atoms with E-state index in [9.17, 15) is 13.6 Å². The van der Waals surface area contributed by atoms with E-state index in [-0.39, 0.29) is 23.7 Å². The fraction of sp³-hybridized carbons (Fsp3) is 0.588. The molecule has 6 heteroatoms. The first-order valence-electron chi connectivity index (χ1n) is 8.09. The fourth-order valence-electron chi connectivity index (χ4n) is 3.08. The van der Waals surface area contributed by atoms with E-state index >= 15 is 0 Å². The van der Waals surface area contributed by atoms with E-state index in [4.69, 9.17) is 10.5 Å². The molecule has 0 bridgehead atoms. The third kappa shape index (κ3) is 5.16. The van der Waals surface area contributed by atoms with Crippen molar-refractivity contribution in [2.75, 3.05) is 19.7 Å². The van der Waals surface area contributed by atoms with Gasteiger partial charge in [0, 0.05) is 12.5 Å². The lowest BCUT2D eigenvalue weighted by Gasteiger charge is -2.35. The minimum Gasteiger partial charge on any atom is -0.492 e. The lowest BCUT2D eigenvalue weighted by molar-refractivity contribution is -0.124. The van der Waals surface area contributed by atoms with Crippen LogP contribution in [0.4, 0.5) is 8.78 Å². The van der Waals surface area contributed by atoms with E-state index in [0.29, 0.717) is 19.5 Å². The summed E-state index contributed by atoms with van der Waals surface area (Å²) in [4.78, 5) is 12.1. The molecule has 1 saturated carbocycles. The Morgan fingerprint density at radius 3 is 2.61 bits per heavy atom. The maximum Gasteiger partial charge on any atom is 0.220 e. The molecule has 0 unspecified atom stereocenters. The summed E-state index contributed by atoms with van der Waals surface area (Å²) < 4.78 is 31.1. The van der Waals surface area contributed by atoms with Crippen molar-refractivity contribution in [3.63, 3.8) is 0 Å². The van der Waals surface area contributed by atoms with E-state index in [1.54, 1.807) is 0 Å². The van der Waals surface area contributed by atoms with Crippen molar-refractivity contribution in [1.82, 2.24) is 5.32 Å². The van der Waals surface area contributed by atoms with Crippen LogP contribution in [0.1, 0.15) is 38.5 Å². The number of hydrogen-bond acceptors (Lipinski definition) is 3. The molecule has 1 aromatic carbocycles. The van der Waals surface area contributed by atoms with Crippen molar-refractivity contribution >= 4 is 5.91 Å². The van der Waals surface area contributed by atoms with Crippen molar-refractivity contribution < 1.29 is 18.3 Å². The Kier molecular flexibility index (Phi) is 6.33. The maximum absolute atomic E-state index is 13.0. The molecule has 0 aliphatic heterocycles. The molecule has 1 aliphatic carbocycles. The lowest BCUT2D eigenvalue weighted by atomic mass is 9.72. The number of ether oxygens (including phenoxy) is 1. The van der Waals surface area contributed by atoms with Crippen LogP contribution in [-0.2, 0) is 4.79 Å². The van der Waals surface area contributed by atoms with Gasteiger partial charge in [-0.15, -0.1) is 0 Å². The topological polar surface area (TPSA) is 64.4 Å². The molecule has 0 atom stereocenters. The van der Waals surface area contributed by atoms with Crippen LogP contribution in [-0.4, -0.2) is 25.6 Å². The van der Waals surface area contributed by atoms with Crippen LogP contribution in [0.2, 0.25) is 0 Å². The van der Waals surface area contributed by atoms with Crippen LogP contribution in [0.3, 0.4) is 0 Å². The van der Waals surface area contributed by atoms with Crippen LogP contribution in [0.15, 0.2) is 18.2 Å². The zero-order valence-electron chi connectivity index (χ0n) is 13.2. The van der Waals surface area contributed by atoms with Gasteiger partial charge in [-0.2, -0.15) is 0 Å². The first kappa shape index (κ1) is 17.7. The van der Waals surface area contributed by atoms with Crippen molar-refractivity contribution in [2.24, 2.45) is 11.1 Å². The molecule has 0 aromatic heterocycles. The Balaban J connectivity index is 1.71. The molecule has 0 heterocycles. The molecule has 0 radical (unpaired) electrons. The molecule has 1 fully saturated rings. The molecule has 0 spiro atoms. The van der Waals surface area contributed by atoms with Crippen molar-refractivity contribution in [3.8, 4) is 5.75 Å². The molecule has 3 N–H and O–H groups in total. The summed E-state index contributed by atoms with van der Waals surface area (Å²) >= 11 is 0. The van der Waals surface area contributed by atoms with Crippen LogP contribution in [0, 0.1) is 17.0 Å². The second-order valence-corrected chi connectivity index (χ2v) is 6.22. The molecular weight excluding hydrogens is 302 g/mol. The minimum atomic E-state index is -0.950. The highest BCUT2D eigenvalue weighted by atomic mass is 19.2. The van der Waals surface area contributed by atoms with Crippen LogP contribution < -0.4 is 15.8 Å². The monoisotopic (exact) mass is 326 g/mol. The molecule has 1 amide bonds. The van der Waals surface area contributed by atoms with Crippen LogP contribution in [0.5, 0.6) is 5.75 Å². The highest BCUT2D eigenvalue weighted by Crippen LogP contribution is 2.38. The van der Waals surface area contributed by atoms with Crippen molar-refractivity contribution in [3.05, 3.63) is 29.8 Å². The number of carbonyl (C=O) groups is 1. The number of amides is 1. The Hall–Kier alpha value is -1.69. The van der Waals surface area contributed by atoms with Gasteiger partial charge in [-0.05, 0) is 36.9 Å². The van der Waals surface area contributed by atoms with Gasteiger partial charge in [0.25, 0.3) is 0 Å². The number of benzene rings is 1. The average Bonchev–Trinajstić information content (AvgIpc) is 2.55. The predicted octanol–water partition coefficient (Wildman–Crippen LogP) is 2.76. The van der Waals surface area contributed by atoms with Crippen LogP contribution >= 0.6 is 0 Å². The standard InChI is InChI=1S/C17H24F2N2O2/c18-14-5-4-13(10-15(14)19)23-9-8-21-16(22)11-17(12-20)6-2-1-3-7-17/h4-5,10H,1-3,6-9,11-12,20H2,(H,21,22). The largest absolute Gasteiger partial charge is 0.492 e. The smallest absolute Gasteiger partial charge is 0.220 e. The average molecular weight is 326 g/mol. The molecule has 0 saturated heterocycles. The highest BCUT2D eigenvalue weighted by Gasteiger charge is 2.32. The number of hydrogen-bond donors (Lipinski definition) is 2. The summed E-state index contributed by atoms with van der Waals surface area (Å²) in [7, 11) is 0. The highest BCUT2D eigenvalue weighted by molar-refractivity contribution is 5.76. The van der Waals surface area contributed by atoms with E-state index < -0.39 is 11.6 Å². The number of halogens is 2. The quantitative estimate of drug-likeness (QED) is 0.757. The number of carbonyl (C=O) groups excluding carboxylic acids is 1. The van der Waals surface area contributed by atoms with Gasteiger partial charge in [0.05, 0.1) is 6.54 Å². The van der Waals surface area contributed by atoms with Crippen molar-refractivity contribution in [1.29, 1.82) is 0 Å². The molecule has 1 aliphatic rings. The van der Waals surface area contributed by atoms with Gasteiger partial charge in [0.2, 0.25) is 5.91 Å². The number of nitrogens with one attached hydrogen (secondary N) is 1. The Labute approximate surface area is 135 Å². The normalized spacial score (nSPS) is 16.8. The van der Waals surface area contributed by atoms with Gasteiger partial charge >= 0.3 is 0 Å². The van der Waals surface area contributed by atoms with Gasteiger partial charge in [-0.3, -0.25) is 4.79 Å². The zero-order valence-corrected chi connectivity index (χ0v) is 13.2. The Morgan fingerprint density at radius 2 is 1.96 bits per heavy atom. The first-order valence-corrected chi connectivity index (χ1v) is 8.09. The van der Waals surface area contributed by atoms with Gasteiger partial charge in [0.15, 0.2) is 11.6 Å². The second-order valence-electron chi connectivity index (χ2n) is 6.22. The summed E-state index contributed by atoms with van der Waals surface area (Å²) in [5.74, 6) is -1.66. The SMILES string of the molecule is NCC1(CC(=O)NCCOc2ccc(F)c(F)c2)CCCCC1. The molecular formula is C17H24F2N2O2. The first-order chi connectivity index (χ1) is 11.0. The molecule has 4 nitrogen and oxygen atoms in total. The summed E-state index contributed by atoms with van der Waals surface area (Å²) in [5.41, 5.74) is 5.81. The zero-order chi connectivity index (χ0) is 16.7.